The van der Waals surface area contributed by atoms with Crippen molar-refractivity contribution < 1.29 is 14.3 Å². The molecule has 138 valence electrons. The molecule has 1 aliphatic heterocycles. The molecule has 1 saturated heterocycles. The Morgan fingerprint density at radius 2 is 2.20 bits per heavy atom. The molecule has 2 aliphatic rings. The standard InChI is InChI=1S/C17H25ClN4O3/c1-17(2,3)25-16(23)22-6-7-24-12(10-22)9-19-13-8-14(18)20-21-15(13)11-4-5-11/h8,11-12H,4-7,9-10H2,1-3H3,(H,19,20). The highest BCUT2D eigenvalue weighted by Gasteiger charge is 2.30. The van der Waals surface area contributed by atoms with Gasteiger partial charge in [0.2, 0.25) is 0 Å². The summed E-state index contributed by atoms with van der Waals surface area (Å²) in [5.41, 5.74) is 1.37. The van der Waals surface area contributed by atoms with Crippen LogP contribution in [0, 0.1) is 0 Å². The molecule has 1 N–H and O–H groups in total. The zero-order chi connectivity index (χ0) is 18.0. The highest BCUT2D eigenvalue weighted by molar-refractivity contribution is 6.29. The molecule has 0 spiro atoms. The number of amides is 1. The van der Waals surface area contributed by atoms with Gasteiger partial charge in [0.25, 0.3) is 0 Å². The minimum absolute atomic E-state index is 0.111. The van der Waals surface area contributed by atoms with E-state index in [-0.39, 0.29) is 12.2 Å². The zero-order valence-corrected chi connectivity index (χ0v) is 15.7. The fraction of sp³-hybridized carbons (Fsp3) is 0.706. The molecule has 3 rings (SSSR count). The lowest BCUT2D eigenvalue weighted by atomic mass is 10.2. The highest BCUT2D eigenvalue weighted by Crippen LogP contribution is 2.42. The molecule has 8 heteroatoms. The van der Waals surface area contributed by atoms with E-state index in [1.54, 1.807) is 11.0 Å². The maximum absolute atomic E-state index is 12.2. The number of morpholine rings is 1. The van der Waals surface area contributed by atoms with Crippen LogP contribution in [0.3, 0.4) is 0 Å². The van der Waals surface area contributed by atoms with Crippen molar-refractivity contribution in [3.05, 3.63) is 16.9 Å². The summed E-state index contributed by atoms with van der Waals surface area (Å²) >= 11 is 5.98. The van der Waals surface area contributed by atoms with Crippen LogP contribution in [-0.2, 0) is 9.47 Å². The zero-order valence-electron chi connectivity index (χ0n) is 14.9. The molecule has 1 saturated carbocycles. The van der Waals surface area contributed by atoms with E-state index in [0.29, 0.717) is 37.3 Å². The van der Waals surface area contributed by atoms with Gasteiger partial charge in [0.05, 0.1) is 30.6 Å². The Balaban J connectivity index is 1.57. The SMILES string of the molecule is CC(C)(C)OC(=O)N1CCOC(CNc2cc(Cl)nnc2C2CC2)C1. The number of nitrogens with one attached hydrogen (secondary N) is 1. The van der Waals surface area contributed by atoms with Gasteiger partial charge in [-0.15, -0.1) is 5.10 Å². The van der Waals surface area contributed by atoms with Gasteiger partial charge in [-0.05, 0) is 33.6 Å². The molecular formula is C17H25ClN4O3. The summed E-state index contributed by atoms with van der Waals surface area (Å²) in [5, 5.41) is 11.9. The molecule has 0 bridgehead atoms. The number of rotatable bonds is 4. The third kappa shape index (κ3) is 5.19. The van der Waals surface area contributed by atoms with Gasteiger partial charge >= 0.3 is 6.09 Å². The molecule has 1 aliphatic carbocycles. The van der Waals surface area contributed by atoms with E-state index in [9.17, 15) is 4.79 Å². The van der Waals surface area contributed by atoms with Crippen LogP contribution in [0.2, 0.25) is 5.15 Å². The van der Waals surface area contributed by atoms with E-state index in [4.69, 9.17) is 21.1 Å². The van der Waals surface area contributed by atoms with Gasteiger partial charge in [0.1, 0.15) is 5.60 Å². The lowest BCUT2D eigenvalue weighted by Crippen LogP contribution is -2.49. The van der Waals surface area contributed by atoms with Gasteiger partial charge in [-0.3, -0.25) is 0 Å². The smallest absolute Gasteiger partial charge is 0.410 e. The van der Waals surface area contributed by atoms with Gasteiger partial charge in [-0.2, -0.15) is 5.10 Å². The molecule has 0 aromatic carbocycles. The molecular weight excluding hydrogens is 344 g/mol. The number of anilines is 1. The summed E-state index contributed by atoms with van der Waals surface area (Å²) in [7, 11) is 0. The first-order chi connectivity index (χ1) is 11.8. The number of nitrogens with zero attached hydrogens (tertiary/aromatic N) is 3. The average Bonchev–Trinajstić information content (AvgIpc) is 3.36. The van der Waals surface area contributed by atoms with Crippen LogP contribution >= 0.6 is 11.6 Å². The first kappa shape index (κ1) is 18.2. The Labute approximate surface area is 153 Å². The largest absolute Gasteiger partial charge is 0.444 e. The van der Waals surface area contributed by atoms with Crippen LogP contribution < -0.4 is 5.32 Å². The number of hydrogen-bond acceptors (Lipinski definition) is 6. The Bertz CT molecular complexity index is 631. The molecule has 1 aromatic heterocycles. The van der Waals surface area contributed by atoms with Crippen molar-refractivity contribution in [3.8, 4) is 0 Å². The first-order valence-corrected chi connectivity index (χ1v) is 9.06. The second kappa shape index (κ2) is 7.33. The minimum atomic E-state index is -0.498. The summed E-state index contributed by atoms with van der Waals surface area (Å²) in [4.78, 5) is 13.9. The van der Waals surface area contributed by atoms with Crippen molar-refractivity contribution in [2.24, 2.45) is 0 Å². The monoisotopic (exact) mass is 368 g/mol. The van der Waals surface area contributed by atoms with Gasteiger partial charge in [0.15, 0.2) is 5.15 Å². The molecule has 25 heavy (non-hydrogen) atoms. The maximum atomic E-state index is 12.2. The van der Waals surface area contributed by atoms with Gasteiger partial charge < -0.3 is 19.7 Å². The molecule has 0 radical (unpaired) electrons. The second-order valence-corrected chi connectivity index (χ2v) is 7.93. The van der Waals surface area contributed by atoms with Crippen molar-refractivity contribution in [2.45, 2.75) is 51.2 Å². The van der Waals surface area contributed by atoms with E-state index < -0.39 is 5.60 Å². The second-order valence-electron chi connectivity index (χ2n) is 7.54. The van der Waals surface area contributed by atoms with Crippen molar-refractivity contribution in [1.29, 1.82) is 0 Å². The van der Waals surface area contributed by atoms with Crippen LogP contribution in [-0.4, -0.2) is 59.1 Å². The minimum Gasteiger partial charge on any atom is -0.444 e. The molecule has 1 amide bonds. The Kier molecular flexibility index (Phi) is 5.34. The maximum Gasteiger partial charge on any atom is 0.410 e. The van der Waals surface area contributed by atoms with Gasteiger partial charge in [-0.25, -0.2) is 4.79 Å². The highest BCUT2D eigenvalue weighted by atomic mass is 35.5. The fourth-order valence-electron chi connectivity index (χ4n) is 2.74. The first-order valence-electron chi connectivity index (χ1n) is 8.68. The van der Waals surface area contributed by atoms with Crippen molar-refractivity contribution in [2.75, 3.05) is 31.6 Å². The quantitative estimate of drug-likeness (QED) is 0.880. The third-order valence-corrected chi connectivity index (χ3v) is 4.25. The van der Waals surface area contributed by atoms with Crippen LogP contribution in [0.5, 0.6) is 0 Å². The summed E-state index contributed by atoms with van der Waals surface area (Å²) in [6.45, 7) is 7.70. The van der Waals surface area contributed by atoms with E-state index in [0.717, 1.165) is 24.2 Å². The fourth-order valence-corrected chi connectivity index (χ4v) is 2.88. The van der Waals surface area contributed by atoms with Crippen LogP contribution in [0.4, 0.5) is 10.5 Å². The predicted octanol–water partition coefficient (Wildman–Crippen LogP) is 3.06. The molecule has 1 atom stereocenters. The van der Waals surface area contributed by atoms with Crippen molar-refractivity contribution in [3.63, 3.8) is 0 Å². The lowest BCUT2D eigenvalue weighted by Gasteiger charge is -2.34. The third-order valence-electron chi connectivity index (χ3n) is 4.07. The van der Waals surface area contributed by atoms with Gasteiger partial charge in [-0.1, -0.05) is 11.6 Å². The molecule has 1 unspecified atom stereocenters. The number of halogens is 1. The normalized spacial score (nSPS) is 21.1. The van der Waals surface area contributed by atoms with E-state index in [2.05, 4.69) is 15.5 Å². The van der Waals surface area contributed by atoms with Crippen LogP contribution in [0.25, 0.3) is 0 Å². The summed E-state index contributed by atoms with van der Waals surface area (Å²) in [6, 6.07) is 1.80. The molecule has 2 fully saturated rings. The Morgan fingerprint density at radius 1 is 1.44 bits per heavy atom. The number of ether oxygens (including phenoxy) is 2. The Morgan fingerprint density at radius 3 is 2.88 bits per heavy atom. The predicted molar refractivity (Wildman–Crippen MR) is 95.1 cm³/mol. The van der Waals surface area contributed by atoms with E-state index >= 15 is 0 Å². The lowest BCUT2D eigenvalue weighted by molar-refractivity contribution is -0.0371. The van der Waals surface area contributed by atoms with E-state index in [1.165, 1.54) is 0 Å². The molecule has 2 heterocycles. The van der Waals surface area contributed by atoms with Crippen LogP contribution in [0.1, 0.15) is 45.2 Å². The number of hydrogen-bond donors (Lipinski definition) is 1. The van der Waals surface area contributed by atoms with Gasteiger partial charge in [0, 0.05) is 25.1 Å². The Hall–Kier alpha value is -1.60. The molecule has 1 aromatic rings. The van der Waals surface area contributed by atoms with Crippen LogP contribution in [0.15, 0.2) is 6.07 Å². The van der Waals surface area contributed by atoms with Crippen molar-refractivity contribution in [1.82, 2.24) is 15.1 Å². The number of carbonyl (C=O) groups excluding carboxylic acids is 1. The van der Waals surface area contributed by atoms with Crippen molar-refractivity contribution >= 4 is 23.4 Å². The summed E-state index contributed by atoms with van der Waals surface area (Å²) < 4.78 is 11.2. The molecule has 7 nitrogen and oxygen atoms in total. The van der Waals surface area contributed by atoms with E-state index in [1.807, 2.05) is 20.8 Å². The summed E-state index contributed by atoms with van der Waals surface area (Å²) in [6.07, 6.45) is 1.86. The topological polar surface area (TPSA) is 76.6 Å². The average molecular weight is 369 g/mol. The summed E-state index contributed by atoms with van der Waals surface area (Å²) in [5.74, 6) is 0.470. The number of carbonyl (C=O) groups is 1. The number of aromatic nitrogens is 2.